The molecule has 1 fully saturated rings. The number of hydrogen-bond acceptors (Lipinski definition) is 4. The third-order valence-electron chi connectivity index (χ3n) is 5.25. The SMILES string of the molecule is CCOc1ccc(CN2[C@H]3CC[C@@H]2c2cccnc2C3)cc1OC. The maximum atomic E-state index is 5.63. The molecule has 3 heterocycles. The van der Waals surface area contributed by atoms with Crippen molar-refractivity contribution in [3.8, 4) is 11.5 Å². The van der Waals surface area contributed by atoms with Crippen molar-refractivity contribution < 1.29 is 9.47 Å². The molecule has 0 radical (unpaired) electrons. The van der Waals surface area contributed by atoms with Crippen LogP contribution in [0.1, 0.15) is 42.6 Å². The van der Waals surface area contributed by atoms with Crippen molar-refractivity contribution in [2.75, 3.05) is 13.7 Å². The second-order valence-corrected chi connectivity index (χ2v) is 6.58. The first kappa shape index (κ1) is 15.5. The van der Waals surface area contributed by atoms with Crippen LogP contribution in [0.15, 0.2) is 36.5 Å². The molecule has 0 unspecified atom stereocenters. The lowest BCUT2D eigenvalue weighted by Gasteiger charge is -2.35. The first-order valence-corrected chi connectivity index (χ1v) is 8.79. The molecular formula is C20H24N2O2. The maximum absolute atomic E-state index is 5.63. The van der Waals surface area contributed by atoms with Gasteiger partial charge in [-0.05, 0) is 49.1 Å². The second-order valence-electron chi connectivity index (χ2n) is 6.58. The van der Waals surface area contributed by atoms with E-state index in [-0.39, 0.29) is 0 Å². The molecule has 0 amide bonds. The Labute approximate surface area is 143 Å². The average molecular weight is 324 g/mol. The van der Waals surface area contributed by atoms with Gasteiger partial charge in [0.15, 0.2) is 11.5 Å². The van der Waals surface area contributed by atoms with Crippen LogP contribution in [0, 0.1) is 0 Å². The van der Waals surface area contributed by atoms with Crippen LogP contribution in [0.25, 0.3) is 0 Å². The number of aromatic nitrogens is 1. The topological polar surface area (TPSA) is 34.6 Å². The number of fused-ring (bicyclic) bond motifs is 4. The number of pyridine rings is 1. The molecule has 1 aromatic carbocycles. The van der Waals surface area contributed by atoms with Gasteiger partial charge in [0, 0.05) is 36.9 Å². The van der Waals surface area contributed by atoms with Crippen LogP contribution < -0.4 is 9.47 Å². The molecule has 2 bridgehead atoms. The third-order valence-corrected chi connectivity index (χ3v) is 5.25. The summed E-state index contributed by atoms with van der Waals surface area (Å²) in [5.41, 5.74) is 3.99. The van der Waals surface area contributed by atoms with E-state index in [0.717, 1.165) is 24.5 Å². The predicted octanol–water partition coefficient (Wildman–Crippen LogP) is 3.75. The van der Waals surface area contributed by atoms with E-state index >= 15 is 0 Å². The van der Waals surface area contributed by atoms with Crippen LogP contribution in [0.3, 0.4) is 0 Å². The zero-order chi connectivity index (χ0) is 16.5. The number of nitrogens with zero attached hydrogens (tertiary/aromatic N) is 2. The first-order chi connectivity index (χ1) is 11.8. The van der Waals surface area contributed by atoms with E-state index in [0.29, 0.717) is 18.7 Å². The van der Waals surface area contributed by atoms with E-state index in [1.807, 2.05) is 19.2 Å². The molecule has 0 spiro atoms. The van der Waals surface area contributed by atoms with Crippen LogP contribution >= 0.6 is 0 Å². The van der Waals surface area contributed by atoms with Gasteiger partial charge in [-0.2, -0.15) is 0 Å². The van der Waals surface area contributed by atoms with Gasteiger partial charge in [0.25, 0.3) is 0 Å². The van der Waals surface area contributed by atoms with Gasteiger partial charge in [-0.25, -0.2) is 0 Å². The number of ether oxygens (including phenoxy) is 2. The monoisotopic (exact) mass is 324 g/mol. The molecule has 2 atom stereocenters. The summed E-state index contributed by atoms with van der Waals surface area (Å²) in [7, 11) is 1.70. The number of hydrogen-bond donors (Lipinski definition) is 0. The highest BCUT2D eigenvalue weighted by Crippen LogP contribution is 2.44. The number of rotatable bonds is 5. The number of methoxy groups -OCH3 is 1. The van der Waals surface area contributed by atoms with Gasteiger partial charge in [-0.3, -0.25) is 9.88 Å². The summed E-state index contributed by atoms with van der Waals surface area (Å²) in [6, 6.07) is 11.7. The Morgan fingerprint density at radius 3 is 2.96 bits per heavy atom. The van der Waals surface area contributed by atoms with Gasteiger partial charge in [0.05, 0.1) is 13.7 Å². The molecule has 126 valence electrons. The standard InChI is InChI=1S/C20H24N2O2/c1-3-24-19-9-6-14(11-20(19)23-2)13-22-15-7-8-18(22)16-5-4-10-21-17(16)12-15/h4-6,9-11,15,18H,3,7-8,12-13H2,1-2H3/t15-,18+/m0/s1. The van der Waals surface area contributed by atoms with Gasteiger partial charge in [-0.15, -0.1) is 0 Å². The minimum atomic E-state index is 0.505. The Morgan fingerprint density at radius 2 is 2.12 bits per heavy atom. The van der Waals surface area contributed by atoms with Gasteiger partial charge < -0.3 is 9.47 Å². The molecule has 0 N–H and O–H groups in total. The summed E-state index contributed by atoms with van der Waals surface area (Å²) >= 11 is 0. The quantitative estimate of drug-likeness (QED) is 0.839. The molecule has 4 nitrogen and oxygen atoms in total. The van der Waals surface area contributed by atoms with Gasteiger partial charge in [0.1, 0.15) is 0 Å². The predicted molar refractivity (Wildman–Crippen MR) is 93.4 cm³/mol. The van der Waals surface area contributed by atoms with Crippen molar-refractivity contribution >= 4 is 0 Å². The fraction of sp³-hybridized carbons (Fsp3) is 0.450. The van der Waals surface area contributed by atoms with Crippen molar-refractivity contribution in [2.45, 2.75) is 44.8 Å². The van der Waals surface area contributed by atoms with E-state index in [1.165, 1.54) is 29.7 Å². The lowest BCUT2D eigenvalue weighted by Crippen LogP contribution is -2.37. The van der Waals surface area contributed by atoms with Crippen LogP contribution in [0.4, 0.5) is 0 Å². The molecule has 2 aromatic rings. The zero-order valence-electron chi connectivity index (χ0n) is 14.4. The highest BCUT2D eigenvalue weighted by molar-refractivity contribution is 5.43. The highest BCUT2D eigenvalue weighted by atomic mass is 16.5. The largest absolute Gasteiger partial charge is 0.493 e. The van der Waals surface area contributed by atoms with Gasteiger partial charge in [0.2, 0.25) is 0 Å². The Hall–Kier alpha value is -2.07. The molecular weight excluding hydrogens is 300 g/mol. The Morgan fingerprint density at radius 1 is 1.21 bits per heavy atom. The summed E-state index contributed by atoms with van der Waals surface area (Å²) in [5.74, 6) is 1.64. The van der Waals surface area contributed by atoms with E-state index in [1.54, 1.807) is 7.11 Å². The second kappa shape index (κ2) is 6.44. The summed E-state index contributed by atoms with van der Waals surface area (Å²) < 4.78 is 11.1. The van der Waals surface area contributed by atoms with Crippen LogP contribution in [-0.2, 0) is 13.0 Å². The summed E-state index contributed by atoms with van der Waals surface area (Å²) in [6.07, 6.45) is 5.48. The molecule has 24 heavy (non-hydrogen) atoms. The lowest BCUT2D eigenvalue weighted by atomic mass is 9.97. The third kappa shape index (κ3) is 2.65. The van der Waals surface area contributed by atoms with E-state index in [4.69, 9.17) is 9.47 Å². The minimum Gasteiger partial charge on any atom is -0.493 e. The first-order valence-electron chi connectivity index (χ1n) is 8.79. The normalized spacial score (nSPS) is 22.2. The van der Waals surface area contributed by atoms with E-state index < -0.39 is 0 Å². The van der Waals surface area contributed by atoms with Crippen molar-refractivity contribution in [2.24, 2.45) is 0 Å². The smallest absolute Gasteiger partial charge is 0.161 e. The van der Waals surface area contributed by atoms with Gasteiger partial charge >= 0.3 is 0 Å². The van der Waals surface area contributed by atoms with E-state index in [2.05, 4.69) is 34.1 Å². The molecule has 0 saturated carbocycles. The van der Waals surface area contributed by atoms with Crippen LogP contribution in [-0.4, -0.2) is 29.6 Å². The fourth-order valence-electron chi connectivity index (χ4n) is 4.17. The molecule has 2 aliphatic heterocycles. The zero-order valence-corrected chi connectivity index (χ0v) is 14.4. The lowest BCUT2D eigenvalue weighted by molar-refractivity contribution is 0.166. The minimum absolute atomic E-state index is 0.505. The number of benzene rings is 1. The van der Waals surface area contributed by atoms with Crippen LogP contribution in [0.2, 0.25) is 0 Å². The average Bonchev–Trinajstić information content (AvgIpc) is 2.88. The fourth-order valence-corrected chi connectivity index (χ4v) is 4.17. The summed E-state index contributed by atoms with van der Waals surface area (Å²) in [6.45, 7) is 3.59. The molecule has 1 aromatic heterocycles. The van der Waals surface area contributed by atoms with Gasteiger partial charge in [-0.1, -0.05) is 12.1 Å². The molecule has 0 aliphatic carbocycles. The maximum Gasteiger partial charge on any atom is 0.161 e. The summed E-state index contributed by atoms with van der Waals surface area (Å²) in [4.78, 5) is 7.24. The molecule has 4 heteroatoms. The Balaban J connectivity index is 1.58. The Bertz CT molecular complexity index is 731. The molecule has 4 rings (SSSR count). The Kier molecular flexibility index (Phi) is 4.15. The van der Waals surface area contributed by atoms with Crippen LogP contribution in [0.5, 0.6) is 11.5 Å². The highest BCUT2D eigenvalue weighted by Gasteiger charge is 2.40. The van der Waals surface area contributed by atoms with Crippen molar-refractivity contribution in [1.29, 1.82) is 0 Å². The van der Waals surface area contributed by atoms with Crippen molar-refractivity contribution in [3.05, 3.63) is 53.3 Å². The van der Waals surface area contributed by atoms with Crippen molar-refractivity contribution in [1.82, 2.24) is 9.88 Å². The summed E-state index contributed by atoms with van der Waals surface area (Å²) in [5, 5.41) is 0. The molecule has 1 saturated heterocycles. The van der Waals surface area contributed by atoms with E-state index in [9.17, 15) is 0 Å². The van der Waals surface area contributed by atoms with Crippen molar-refractivity contribution in [3.63, 3.8) is 0 Å². The molecule has 2 aliphatic rings.